The summed E-state index contributed by atoms with van der Waals surface area (Å²) in [6.45, 7) is 6.99. The maximum atomic E-state index is 12.8. The largest absolute Gasteiger partial charge is 0.496 e. The molecule has 27 heavy (non-hydrogen) atoms. The highest BCUT2D eigenvalue weighted by molar-refractivity contribution is 7.17. The molecule has 0 aliphatic heterocycles. The van der Waals surface area contributed by atoms with Gasteiger partial charge >= 0.3 is 0 Å². The topological polar surface area (TPSA) is 78.5 Å². The number of thiophene rings is 1. The van der Waals surface area contributed by atoms with Gasteiger partial charge in [0.15, 0.2) is 0 Å². The lowest BCUT2D eigenvalue weighted by Crippen LogP contribution is -2.32. The number of hydrogen-bond donors (Lipinski definition) is 2. The van der Waals surface area contributed by atoms with E-state index in [0.29, 0.717) is 35.7 Å². The van der Waals surface area contributed by atoms with Crippen LogP contribution < -0.4 is 10.3 Å². The molecule has 0 aliphatic carbocycles. The van der Waals surface area contributed by atoms with E-state index in [9.17, 15) is 9.90 Å². The van der Waals surface area contributed by atoms with E-state index in [0.717, 1.165) is 16.9 Å². The molecule has 0 aliphatic rings. The third kappa shape index (κ3) is 4.27. The quantitative estimate of drug-likeness (QED) is 0.583. The zero-order valence-corrected chi connectivity index (χ0v) is 16.3. The molecular formula is C20H23N3O3S. The van der Waals surface area contributed by atoms with Crippen molar-refractivity contribution >= 4 is 21.6 Å². The molecule has 0 amide bonds. The first-order chi connectivity index (χ1) is 13.0. The fourth-order valence-electron chi connectivity index (χ4n) is 3.11. The number of aliphatic hydroxyl groups is 1. The van der Waals surface area contributed by atoms with Crippen molar-refractivity contribution in [1.82, 2.24) is 14.9 Å². The van der Waals surface area contributed by atoms with E-state index in [1.54, 1.807) is 20.1 Å². The second-order valence-electron chi connectivity index (χ2n) is 6.37. The molecule has 3 rings (SSSR count). The van der Waals surface area contributed by atoms with Crippen LogP contribution in [0.3, 0.4) is 0 Å². The molecule has 0 fully saturated rings. The lowest BCUT2D eigenvalue weighted by molar-refractivity contribution is 0.128. The summed E-state index contributed by atoms with van der Waals surface area (Å²) in [5, 5.41) is 12.2. The van der Waals surface area contributed by atoms with Gasteiger partial charge in [-0.25, -0.2) is 4.98 Å². The normalized spacial score (nSPS) is 12.4. The molecule has 6 nitrogen and oxygen atoms in total. The van der Waals surface area contributed by atoms with Gasteiger partial charge in [-0.3, -0.25) is 9.69 Å². The molecule has 0 bridgehead atoms. The summed E-state index contributed by atoms with van der Waals surface area (Å²) in [6, 6.07) is 7.62. The first-order valence-electron chi connectivity index (χ1n) is 8.68. The maximum absolute atomic E-state index is 12.8. The number of benzene rings is 1. The fraction of sp³-hybridized carbons (Fsp3) is 0.300. The van der Waals surface area contributed by atoms with Crippen LogP contribution >= 0.6 is 11.3 Å². The highest BCUT2D eigenvalue weighted by Crippen LogP contribution is 2.36. The number of aliphatic hydroxyl groups excluding tert-OH is 1. The van der Waals surface area contributed by atoms with Gasteiger partial charge in [0.25, 0.3) is 5.56 Å². The summed E-state index contributed by atoms with van der Waals surface area (Å²) in [5.41, 5.74) is 1.51. The lowest BCUT2D eigenvalue weighted by atomic mass is 10.1. The fourth-order valence-corrected chi connectivity index (χ4v) is 4.06. The summed E-state index contributed by atoms with van der Waals surface area (Å²) in [4.78, 5) is 23.0. The zero-order valence-electron chi connectivity index (χ0n) is 15.4. The van der Waals surface area contributed by atoms with E-state index in [1.807, 2.05) is 34.5 Å². The smallest absolute Gasteiger partial charge is 0.260 e. The Morgan fingerprint density at radius 3 is 2.89 bits per heavy atom. The summed E-state index contributed by atoms with van der Waals surface area (Å²) in [7, 11) is 1.62. The van der Waals surface area contributed by atoms with Crippen molar-refractivity contribution in [3.8, 4) is 16.9 Å². The molecule has 1 unspecified atom stereocenters. The van der Waals surface area contributed by atoms with Gasteiger partial charge in [-0.15, -0.1) is 17.9 Å². The van der Waals surface area contributed by atoms with Gasteiger partial charge < -0.3 is 14.8 Å². The average molecular weight is 385 g/mol. The highest BCUT2D eigenvalue weighted by Gasteiger charge is 2.17. The molecule has 2 heterocycles. The minimum Gasteiger partial charge on any atom is -0.496 e. The molecule has 3 aromatic rings. The number of ether oxygens (including phenoxy) is 1. The van der Waals surface area contributed by atoms with Gasteiger partial charge in [-0.1, -0.05) is 24.3 Å². The van der Waals surface area contributed by atoms with E-state index in [2.05, 4.69) is 16.5 Å². The number of aromatic amines is 1. The Hall–Kier alpha value is -2.48. The van der Waals surface area contributed by atoms with Crippen molar-refractivity contribution in [2.24, 2.45) is 0 Å². The number of fused-ring (bicyclic) bond motifs is 1. The third-order valence-corrected chi connectivity index (χ3v) is 5.05. The lowest BCUT2D eigenvalue weighted by Gasteiger charge is -2.21. The first-order valence-corrected chi connectivity index (χ1v) is 9.56. The molecule has 0 spiro atoms. The number of para-hydroxylation sites is 1. The van der Waals surface area contributed by atoms with Crippen LogP contribution in [0.2, 0.25) is 0 Å². The van der Waals surface area contributed by atoms with Crippen LogP contribution in [0.5, 0.6) is 5.75 Å². The number of rotatable bonds is 8. The van der Waals surface area contributed by atoms with Gasteiger partial charge in [0.2, 0.25) is 0 Å². The Morgan fingerprint density at radius 2 is 2.19 bits per heavy atom. The zero-order chi connectivity index (χ0) is 19.4. The Morgan fingerprint density at radius 1 is 1.41 bits per heavy atom. The predicted molar refractivity (Wildman–Crippen MR) is 109 cm³/mol. The first kappa shape index (κ1) is 19.3. The standard InChI is InChI=1S/C20H23N3O3S/c1-4-9-23(10-13(2)24)11-17-21-19(25)18-15(12-27-20(18)22-17)14-7-5-6-8-16(14)26-3/h4-8,12-13,24H,1,9-11H2,2-3H3,(H,21,22,25). The molecule has 0 radical (unpaired) electrons. The minimum atomic E-state index is -0.473. The average Bonchev–Trinajstić information content (AvgIpc) is 3.05. The molecule has 1 aromatic carbocycles. The second-order valence-corrected chi connectivity index (χ2v) is 7.23. The Bertz CT molecular complexity index is 994. The van der Waals surface area contributed by atoms with E-state index in [-0.39, 0.29) is 5.56 Å². The number of nitrogens with one attached hydrogen (secondary N) is 1. The van der Waals surface area contributed by atoms with Crippen molar-refractivity contribution < 1.29 is 9.84 Å². The van der Waals surface area contributed by atoms with Crippen LogP contribution in [-0.4, -0.2) is 46.3 Å². The van der Waals surface area contributed by atoms with Crippen molar-refractivity contribution in [3.05, 3.63) is 58.5 Å². The van der Waals surface area contributed by atoms with Crippen LogP contribution in [0.15, 0.2) is 47.1 Å². The molecule has 1 atom stereocenters. The number of methoxy groups -OCH3 is 1. The molecule has 0 saturated carbocycles. The Kier molecular flexibility index (Phi) is 6.05. The molecule has 2 N–H and O–H groups in total. The summed E-state index contributed by atoms with van der Waals surface area (Å²) in [6.07, 6.45) is 1.29. The van der Waals surface area contributed by atoms with Crippen molar-refractivity contribution in [2.75, 3.05) is 20.2 Å². The molecule has 142 valence electrons. The highest BCUT2D eigenvalue weighted by atomic mass is 32.1. The molecular weight excluding hydrogens is 362 g/mol. The summed E-state index contributed by atoms with van der Waals surface area (Å²) < 4.78 is 5.43. The predicted octanol–water partition coefficient (Wildman–Crippen LogP) is 3.03. The molecule has 0 saturated heterocycles. The van der Waals surface area contributed by atoms with Crippen LogP contribution in [0, 0.1) is 0 Å². The third-order valence-electron chi connectivity index (χ3n) is 4.17. The monoisotopic (exact) mass is 385 g/mol. The van der Waals surface area contributed by atoms with Gasteiger partial charge in [-0.05, 0) is 13.0 Å². The SMILES string of the molecule is C=CCN(Cc1nc2scc(-c3ccccc3OC)c2c(=O)[nH]1)CC(C)O. The number of nitrogens with zero attached hydrogens (tertiary/aromatic N) is 2. The minimum absolute atomic E-state index is 0.173. The van der Waals surface area contributed by atoms with Crippen LogP contribution in [0.25, 0.3) is 21.3 Å². The molecule has 2 aromatic heterocycles. The van der Waals surface area contributed by atoms with Gasteiger partial charge in [0.1, 0.15) is 16.4 Å². The summed E-state index contributed by atoms with van der Waals surface area (Å²) in [5.74, 6) is 1.29. The second kappa shape index (κ2) is 8.47. The van der Waals surface area contributed by atoms with Crippen LogP contribution in [0.1, 0.15) is 12.7 Å². The van der Waals surface area contributed by atoms with E-state index in [4.69, 9.17) is 4.74 Å². The molecule has 7 heteroatoms. The van der Waals surface area contributed by atoms with Crippen molar-refractivity contribution in [2.45, 2.75) is 19.6 Å². The van der Waals surface area contributed by atoms with Crippen molar-refractivity contribution in [3.63, 3.8) is 0 Å². The Balaban J connectivity index is 2.00. The van der Waals surface area contributed by atoms with Gasteiger partial charge in [-0.2, -0.15) is 0 Å². The summed E-state index contributed by atoms with van der Waals surface area (Å²) >= 11 is 1.44. The van der Waals surface area contributed by atoms with Crippen LogP contribution in [0.4, 0.5) is 0 Å². The van der Waals surface area contributed by atoms with Crippen molar-refractivity contribution in [1.29, 1.82) is 0 Å². The number of aromatic nitrogens is 2. The van der Waals surface area contributed by atoms with Crippen LogP contribution in [-0.2, 0) is 6.54 Å². The van der Waals surface area contributed by atoms with E-state index >= 15 is 0 Å². The number of hydrogen-bond acceptors (Lipinski definition) is 6. The maximum Gasteiger partial charge on any atom is 0.260 e. The van der Waals surface area contributed by atoms with Gasteiger partial charge in [0.05, 0.1) is 25.1 Å². The van der Waals surface area contributed by atoms with Gasteiger partial charge in [0, 0.05) is 29.6 Å². The Labute approximate surface area is 161 Å². The van der Waals surface area contributed by atoms with E-state index in [1.165, 1.54) is 11.3 Å². The number of H-pyrrole nitrogens is 1. The van der Waals surface area contributed by atoms with E-state index < -0.39 is 6.10 Å².